The Morgan fingerprint density at radius 2 is 1.73 bits per heavy atom. The van der Waals surface area contributed by atoms with E-state index < -0.39 is 20.9 Å². The van der Waals surface area contributed by atoms with Crippen LogP contribution in [0.1, 0.15) is 19.8 Å². The molecule has 0 saturated carbocycles. The number of piperidine rings is 1. The Morgan fingerprint density at radius 1 is 1.08 bits per heavy atom. The summed E-state index contributed by atoms with van der Waals surface area (Å²) < 4.78 is 35.7. The number of anilines is 3. The first-order valence-corrected chi connectivity index (χ1v) is 13.0. The van der Waals surface area contributed by atoms with Gasteiger partial charge in [-0.2, -0.15) is 0 Å². The maximum Gasteiger partial charge on any atom is 0.508 e. The van der Waals surface area contributed by atoms with Crippen molar-refractivity contribution in [2.45, 2.75) is 35.7 Å². The molecule has 37 heavy (non-hydrogen) atoms. The van der Waals surface area contributed by atoms with Crippen molar-refractivity contribution in [3.8, 4) is 0 Å². The number of carbonyl (C=O) groups excluding carboxylic acids is 1. The molecular formula is C24H25N5O7S. The number of carbonyl (C=O) groups is 1. The Morgan fingerprint density at radius 3 is 2.35 bits per heavy atom. The van der Waals surface area contributed by atoms with E-state index in [1.807, 2.05) is 0 Å². The van der Waals surface area contributed by atoms with Crippen molar-refractivity contribution in [2.24, 2.45) is 0 Å². The van der Waals surface area contributed by atoms with E-state index >= 15 is 0 Å². The predicted molar refractivity (Wildman–Crippen MR) is 134 cm³/mol. The lowest BCUT2D eigenvalue weighted by Crippen LogP contribution is -2.38. The second-order valence-electron chi connectivity index (χ2n) is 8.10. The zero-order chi connectivity index (χ0) is 26.4. The van der Waals surface area contributed by atoms with Gasteiger partial charge in [0.15, 0.2) is 0 Å². The highest BCUT2D eigenvalue weighted by Crippen LogP contribution is 2.35. The van der Waals surface area contributed by atoms with Crippen LogP contribution >= 0.6 is 0 Å². The Balaban J connectivity index is 1.51. The Bertz CT molecular complexity index is 1360. The average Bonchev–Trinajstić information content (AvgIpc) is 2.90. The lowest BCUT2D eigenvalue weighted by Gasteiger charge is -2.31. The Kier molecular flexibility index (Phi) is 7.82. The summed E-state index contributed by atoms with van der Waals surface area (Å²) in [5, 5.41) is 14.9. The number of nitro groups is 1. The number of benzene rings is 2. The van der Waals surface area contributed by atoms with Gasteiger partial charge >= 0.3 is 11.8 Å². The van der Waals surface area contributed by atoms with Crippen LogP contribution in [0.3, 0.4) is 0 Å². The summed E-state index contributed by atoms with van der Waals surface area (Å²) >= 11 is 0. The first-order chi connectivity index (χ1) is 17.8. The minimum Gasteiger partial charge on any atom is -0.435 e. The number of nitrogens with one attached hydrogen (secondary N) is 1. The van der Waals surface area contributed by atoms with E-state index in [0.29, 0.717) is 31.6 Å². The highest BCUT2D eigenvalue weighted by Gasteiger charge is 2.31. The van der Waals surface area contributed by atoms with Crippen molar-refractivity contribution < 1.29 is 27.6 Å². The summed E-state index contributed by atoms with van der Waals surface area (Å²) in [6.45, 7) is 2.66. The summed E-state index contributed by atoms with van der Waals surface area (Å²) in [6, 6.07) is 13.9. The molecule has 2 aromatic carbocycles. The summed E-state index contributed by atoms with van der Waals surface area (Å²) in [4.78, 5) is 33.2. The van der Waals surface area contributed by atoms with Gasteiger partial charge < -0.3 is 19.7 Å². The van der Waals surface area contributed by atoms with Crippen LogP contribution in [0.25, 0.3) is 0 Å². The lowest BCUT2D eigenvalue weighted by atomic mass is 10.1. The second kappa shape index (κ2) is 11.2. The zero-order valence-electron chi connectivity index (χ0n) is 19.9. The number of aromatic nitrogens is 2. The summed E-state index contributed by atoms with van der Waals surface area (Å²) in [7, 11) is -3.69. The van der Waals surface area contributed by atoms with Gasteiger partial charge in [-0.15, -0.1) is 0 Å². The minimum absolute atomic E-state index is 0.0291. The van der Waals surface area contributed by atoms with Gasteiger partial charge in [-0.3, -0.25) is 10.1 Å². The number of sulfone groups is 1. The monoisotopic (exact) mass is 527 g/mol. The molecule has 1 fully saturated rings. The van der Waals surface area contributed by atoms with E-state index in [4.69, 9.17) is 9.47 Å². The standard InChI is InChI=1S/C24H25N5O7S/c1-2-35-24(30)36-18-12-14-28(15-13-18)23-21(29(31)32)22(25-16-26-23)27-17-8-10-20(11-9-17)37(33,34)19-6-4-3-5-7-19/h3-11,16,18H,2,12-15H2,1H3,(H,25,26,27). The largest absolute Gasteiger partial charge is 0.508 e. The number of rotatable bonds is 8. The van der Waals surface area contributed by atoms with Crippen LogP contribution in [0.15, 0.2) is 70.7 Å². The molecule has 0 aliphatic carbocycles. The maximum absolute atomic E-state index is 12.8. The minimum atomic E-state index is -3.69. The molecule has 13 heteroatoms. The van der Waals surface area contributed by atoms with Crippen LogP contribution in [0.5, 0.6) is 0 Å². The smallest absolute Gasteiger partial charge is 0.435 e. The van der Waals surface area contributed by atoms with E-state index in [1.54, 1.807) is 30.0 Å². The average molecular weight is 528 g/mol. The van der Waals surface area contributed by atoms with Crippen LogP contribution in [-0.2, 0) is 19.3 Å². The number of ether oxygens (including phenoxy) is 2. The molecule has 1 N–H and O–H groups in total. The molecular weight excluding hydrogens is 502 g/mol. The van der Waals surface area contributed by atoms with Crippen molar-refractivity contribution in [1.29, 1.82) is 0 Å². The molecule has 0 bridgehead atoms. The van der Waals surface area contributed by atoms with Crippen LogP contribution in [-0.4, -0.2) is 55.3 Å². The highest BCUT2D eigenvalue weighted by molar-refractivity contribution is 7.91. The maximum atomic E-state index is 12.8. The van der Waals surface area contributed by atoms with E-state index in [9.17, 15) is 23.3 Å². The molecule has 1 aliphatic rings. The molecule has 2 heterocycles. The van der Waals surface area contributed by atoms with Gasteiger partial charge in [-0.25, -0.2) is 23.2 Å². The fraction of sp³-hybridized carbons (Fsp3) is 0.292. The first kappa shape index (κ1) is 25.8. The molecule has 4 rings (SSSR count). The SMILES string of the molecule is CCOC(=O)OC1CCN(c2ncnc(Nc3ccc(S(=O)(=O)c4ccccc4)cc3)c2[N+](=O)[O-])CC1. The third kappa shape index (κ3) is 5.94. The van der Waals surface area contributed by atoms with Gasteiger partial charge in [0.2, 0.25) is 21.5 Å². The molecule has 0 atom stereocenters. The zero-order valence-corrected chi connectivity index (χ0v) is 20.8. The Labute approximate surface area is 213 Å². The third-order valence-electron chi connectivity index (χ3n) is 5.73. The van der Waals surface area contributed by atoms with Gasteiger partial charge in [0.25, 0.3) is 0 Å². The molecule has 0 radical (unpaired) electrons. The van der Waals surface area contributed by atoms with Gasteiger partial charge in [0, 0.05) is 31.6 Å². The normalized spacial score (nSPS) is 14.1. The molecule has 0 spiro atoms. The quantitative estimate of drug-likeness (QED) is 0.256. The molecule has 194 valence electrons. The predicted octanol–water partition coefficient (Wildman–Crippen LogP) is 4.10. The fourth-order valence-electron chi connectivity index (χ4n) is 3.92. The van der Waals surface area contributed by atoms with Gasteiger partial charge in [0.05, 0.1) is 21.3 Å². The third-order valence-corrected chi connectivity index (χ3v) is 7.52. The van der Waals surface area contributed by atoms with Crippen molar-refractivity contribution >= 4 is 39.0 Å². The molecule has 1 saturated heterocycles. The summed E-state index contributed by atoms with van der Waals surface area (Å²) in [5.74, 6) is 0.110. The van der Waals surface area contributed by atoms with Gasteiger partial charge in [-0.05, 0) is 43.3 Å². The molecule has 3 aromatic rings. The molecule has 1 aliphatic heterocycles. The summed E-state index contributed by atoms with van der Waals surface area (Å²) in [5.41, 5.74) is 0.106. The van der Waals surface area contributed by atoms with Crippen LogP contribution in [0, 0.1) is 10.1 Å². The molecule has 0 amide bonds. The van der Waals surface area contributed by atoms with E-state index in [0.717, 1.165) is 0 Å². The number of hydrogen-bond acceptors (Lipinski definition) is 11. The lowest BCUT2D eigenvalue weighted by molar-refractivity contribution is -0.383. The second-order valence-corrected chi connectivity index (χ2v) is 10.1. The molecule has 1 aromatic heterocycles. The van der Waals surface area contributed by atoms with Crippen molar-refractivity contribution in [2.75, 3.05) is 29.9 Å². The number of hydrogen-bond donors (Lipinski definition) is 1. The first-order valence-electron chi connectivity index (χ1n) is 11.5. The van der Waals surface area contributed by atoms with E-state index in [-0.39, 0.29) is 39.8 Å². The van der Waals surface area contributed by atoms with Crippen molar-refractivity contribution in [1.82, 2.24) is 9.97 Å². The highest BCUT2D eigenvalue weighted by atomic mass is 32.2. The van der Waals surface area contributed by atoms with E-state index in [2.05, 4.69) is 15.3 Å². The molecule has 12 nitrogen and oxygen atoms in total. The van der Waals surface area contributed by atoms with Crippen molar-refractivity contribution in [3.05, 3.63) is 71.0 Å². The van der Waals surface area contributed by atoms with Crippen LogP contribution in [0.4, 0.5) is 27.8 Å². The molecule has 0 unspecified atom stereocenters. The summed E-state index contributed by atoms with van der Waals surface area (Å²) in [6.07, 6.45) is 1.06. The van der Waals surface area contributed by atoms with Crippen LogP contribution in [0.2, 0.25) is 0 Å². The Hall–Kier alpha value is -4.26. The van der Waals surface area contributed by atoms with Gasteiger partial charge in [0.1, 0.15) is 12.4 Å². The van der Waals surface area contributed by atoms with Crippen LogP contribution < -0.4 is 10.2 Å². The topological polar surface area (TPSA) is 154 Å². The van der Waals surface area contributed by atoms with E-state index in [1.165, 1.54) is 42.7 Å². The van der Waals surface area contributed by atoms with Gasteiger partial charge in [-0.1, -0.05) is 18.2 Å². The van der Waals surface area contributed by atoms with Crippen molar-refractivity contribution in [3.63, 3.8) is 0 Å². The number of nitrogens with zero attached hydrogens (tertiary/aromatic N) is 4. The fourth-order valence-corrected chi connectivity index (χ4v) is 5.21.